The summed E-state index contributed by atoms with van der Waals surface area (Å²) in [5, 5.41) is 18.0. The van der Waals surface area contributed by atoms with Crippen molar-refractivity contribution < 1.29 is 45.5 Å². The molecule has 0 fully saturated rings. The number of alkyl halides is 6. The van der Waals surface area contributed by atoms with Gasteiger partial charge in [-0.3, -0.25) is 10.1 Å². The molecule has 2 N–H and O–H groups in total. The van der Waals surface area contributed by atoms with Crippen molar-refractivity contribution in [2.24, 2.45) is 0 Å². The first-order chi connectivity index (χ1) is 9.39. The van der Waals surface area contributed by atoms with E-state index in [0.29, 0.717) is 0 Å². The Morgan fingerprint density at radius 1 is 1.19 bits per heavy atom. The first-order valence-corrected chi connectivity index (χ1v) is 4.65. The normalized spacial score (nSPS) is 11.9. The van der Waals surface area contributed by atoms with Crippen LogP contribution in [0.15, 0.2) is 4.42 Å². The van der Waals surface area contributed by atoms with Gasteiger partial charge in [-0.15, -0.1) is 0 Å². The third-order valence-electron chi connectivity index (χ3n) is 1.98. The Bertz CT molecular complexity index is 636. The fourth-order valence-electron chi connectivity index (χ4n) is 1.20. The first-order valence-electron chi connectivity index (χ1n) is 4.65. The highest BCUT2D eigenvalue weighted by atomic mass is 19.4. The zero-order chi connectivity index (χ0) is 16.6. The molecule has 0 saturated heterocycles. The number of furan rings is 1. The minimum absolute atomic E-state index is 0.873. The van der Waals surface area contributed by atoms with Gasteiger partial charge in [-0.2, -0.15) is 31.6 Å². The van der Waals surface area contributed by atoms with E-state index in [0.717, 1.165) is 11.4 Å². The molecule has 0 atom stereocenters. The molecule has 0 aliphatic heterocycles. The summed E-state index contributed by atoms with van der Waals surface area (Å²) >= 11 is 0. The SMILES string of the molecule is N#Cc1c(NC(=O)C(F)(F)F)oc(C(F)(F)F)c1C(=O)O. The van der Waals surface area contributed by atoms with Crippen molar-refractivity contribution in [1.29, 1.82) is 5.26 Å². The lowest BCUT2D eigenvalue weighted by atomic mass is 10.1. The van der Waals surface area contributed by atoms with Crippen molar-refractivity contribution in [3.63, 3.8) is 0 Å². The van der Waals surface area contributed by atoms with Crippen LogP contribution in [-0.2, 0) is 11.0 Å². The summed E-state index contributed by atoms with van der Waals surface area (Å²) in [7, 11) is 0. The summed E-state index contributed by atoms with van der Waals surface area (Å²) in [6.45, 7) is 0. The van der Waals surface area contributed by atoms with Crippen molar-refractivity contribution in [2.45, 2.75) is 12.4 Å². The van der Waals surface area contributed by atoms with Crippen LogP contribution in [0.25, 0.3) is 0 Å². The Morgan fingerprint density at radius 3 is 2.05 bits per heavy atom. The van der Waals surface area contributed by atoms with E-state index in [1.165, 1.54) is 0 Å². The van der Waals surface area contributed by atoms with Crippen molar-refractivity contribution >= 4 is 17.8 Å². The van der Waals surface area contributed by atoms with E-state index in [-0.39, 0.29) is 0 Å². The number of nitriles is 1. The van der Waals surface area contributed by atoms with Crippen LogP contribution in [0, 0.1) is 11.3 Å². The molecule has 1 aromatic rings. The Kier molecular flexibility index (Phi) is 3.89. The molecule has 1 rings (SSSR count). The second-order valence-electron chi connectivity index (χ2n) is 3.38. The number of amides is 1. The van der Waals surface area contributed by atoms with Crippen LogP contribution in [0.5, 0.6) is 0 Å². The molecule has 1 amide bonds. The summed E-state index contributed by atoms with van der Waals surface area (Å²) in [5.74, 6) is -8.73. The maximum absolute atomic E-state index is 12.5. The molecule has 12 heteroatoms. The molecule has 0 aromatic carbocycles. The highest BCUT2D eigenvalue weighted by Crippen LogP contribution is 2.39. The maximum Gasteiger partial charge on any atom is 0.471 e. The average Bonchev–Trinajstić information content (AvgIpc) is 2.65. The number of carbonyl (C=O) groups excluding carboxylic acids is 1. The second-order valence-corrected chi connectivity index (χ2v) is 3.38. The second kappa shape index (κ2) is 5.00. The number of anilines is 1. The summed E-state index contributed by atoms with van der Waals surface area (Å²) < 4.78 is 77.4. The molecule has 0 aliphatic rings. The van der Waals surface area contributed by atoms with E-state index >= 15 is 0 Å². The van der Waals surface area contributed by atoms with Gasteiger partial charge in [-0.1, -0.05) is 0 Å². The standard InChI is InChI=1S/C9H2F6N2O4/c10-8(11,12)4-3(6(18)19)2(1-16)5(21-4)17-7(20)9(13,14)15/h(H,17,20)(H,18,19). The van der Waals surface area contributed by atoms with Crippen molar-refractivity contribution in [2.75, 3.05) is 5.32 Å². The van der Waals surface area contributed by atoms with Crippen LogP contribution >= 0.6 is 0 Å². The highest BCUT2D eigenvalue weighted by molar-refractivity contribution is 5.99. The quantitative estimate of drug-likeness (QED) is 0.815. The van der Waals surface area contributed by atoms with Crippen LogP contribution in [0.1, 0.15) is 21.7 Å². The van der Waals surface area contributed by atoms with E-state index in [9.17, 15) is 35.9 Å². The predicted molar refractivity (Wildman–Crippen MR) is 50.1 cm³/mol. The zero-order valence-corrected chi connectivity index (χ0v) is 9.39. The molecule has 0 unspecified atom stereocenters. The fraction of sp³-hybridized carbons (Fsp3) is 0.222. The molecule has 0 spiro atoms. The van der Waals surface area contributed by atoms with Crippen LogP contribution < -0.4 is 5.32 Å². The van der Waals surface area contributed by atoms with E-state index in [4.69, 9.17) is 10.4 Å². The summed E-state index contributed by atoms with van der Waals surface area (Å²) in [6, 6.07) is 0.938. The topological polar surface area (TPSA) is 103 Å². The van der Waals surface area contributed by atoms with Gasteiger partial charge in [-0.25, -0.2) is 4.79 Å². The third kappa shape index (κ3) is 3.25. The smallest absolute Gasteiger partial charge is 0.471 e. The van der Waals surface area contributed by atoms with Crippen molar-refractivity contribution in [3.05, 3.63) is 16.9 Å². The van der Waals surface area contributed by atoms with Crippen LogP contribution in [-0.4, -0.2) is 23.2 Å². The molecule has 21 heavy (non-hydrogen) atoms. The number of carboxylic acids is 1. The van der Waals surface area contributed by atoms with Gasteiger partial charge in [0.15, 0.2) is 0 Å². The summed E-state index contributed by atoms with van der Waals surface area (Å²) in [5.41, 5.74) is -3.07. The molecule has 0 aliphatic carbocycles. The molecule has 6 nitrogen and oxygen atoms in total. The number of hydrogen-bond donors (Lipinski definition) is 2. The van der Waals surface area contributed by atoms with Crippen molar-refractivity contribution in [3.8, 4) is 6.07 Å². The van der Waals surface area contributed by atoms with Crippen LogP contribution in [0.2, 0.25) is 0 Å². The monoisotopic (exact) mass is 316 g/mol. The summed E-state index contributed by atoms with van der Waals surface area (Å²) in [4.78, 5) is 21.3. The number of halogens is 6. The molecule has 0 radical (unpaired) electrons. The molecule has 114 valence electrons. The van der Waals surface area contributed by atoms with E-state index in [1.54, 1.807) is 0 Å². The molecule has 1 heterocycles. The predicted octanol–water partition coefficient (Wildman–Crippen LogP) is 2.37. The number of nitrogens with one attached hydrogen (secondary N) is 1. The van der Waals surface area contributed by atoms with Gasteiger partial charge >= 0.3 is 24.2 Å². The molecule has 1 aromatic heterocycles. The Hall–Kier alpha value is -2.71. The fourth-order valence-corrected chi connectivity index (χ4v) is 1.20. The van der Waals surface area contributed by atoms with Crippen LogP contribution in [0.3, 0.4) is 0 Å². The number of nitrogens with zero attached hydrogens (tertiary/aromatic N) is 1. The zero-order valence-electron chi connectivity index (χ0n) is 9.39. The molecular formula is C9H2F6N2O4. The number of carboxylic acid groups (broad SMARTS) is 1. The van der Waals surface area contributed by atoms with Gasteiger partial charge in [0, 0.05) is 0 Å². The minimum Gasteiger partial charge on any atom is -0.478 e. The van der Waals surface area contributed by atoms with Gasteiger partial charge in [-0.05, 0) is 0 Å². The number of carbonyl (C=O) groups is 2. The molecular weight excluding hydrogens is 314 g/mol. The van der Waals surface area contributed by atoms with E-state index < -0.39 is 47.0 Å². The van der Waals surface area contributed by atoms with Gasteiger partial charge in [0.05, 0.1) is 0 Å². The Labute approximate surface area is 110 Å². The molecule has 0 bridgehead atoms. The number of aromatic carboxylic acids is 1. The lowest BCUT2D eigenvalue weighted by molar-refractivity contribution is -0.167. The largest absolute Gasteiger partial charge is 0.478 e. The maximum atomic E-state index is 12.5. The van der Waals surface area contributed by atoms with Gasteiger partial charge in [0.25, 0.3) is 0 Å². The third-order valence-corrected chi connectivity index (χ3v) is 1.98. The van der Waals surface area contributed by atoms with Gasteiger partial charge < -0.3 is 9.52 Å². The average molecular weight is 316 g/mol. The lowest BCUT2D eigenvalue weighted by Gasteiger charge is -2.05. The van der Waals surface area contributed by atoms with E-state index in [1.807, 2.05) is 0 Å². The minimum atomic E-state index is -5.47. The van der Waals surface area contributed by atoms with Crippen molar-refractivity contribution in [1.82, 2.24) is 0 Å². The Balaban J connectivity index is 3.46. The van der Waals surface area contributed by atoms with Crippen LogP contribution in [0.4, 0.5) is 32.2 Å². The number of hydrogen-bond acceptors (Lipinski definition) is 4. The summed E-state index contributed by atoms with van der Waals surface area (Å²) in [6.07, 6.45) is -10.9. The molecule has 0 saturated carbocycles. The number of rotatable bonds is 2. The van der Waals surface area contributed by atoms with E-state index in [2.05, 4.69) is 4.42 Å². The first kappa shape index (κ1) is 16.3. The van der Waals surface area contributed by atoms with Gasteiger partial charge in [0.2, 0.25) is 11.6 Å². The highest BCUT2D eigenvalue weighted by Gasteiger charge is 2.45. The van der Waals surface area contributed by atoms with Gasteiger partial charge in [0.1, 0.15) is 17.2 Å². The Morgan fingerprint density at radius 2 is 1.71 bits per heavy atom. The lowest BCUT2D eigenvalue weighted by Crippen LogP contribution is -2.30.